The number of hydrogen-bond acceptors (Lipinski definition) is 3. The fourth-order valence-corrected chi connectivity index (χ4v) is 1.77. The summed E-state index contributed by atoms with van der Waals surface area (Å²) in [6.07, 6.45) is 0. The topological polar surface area (TPSA) is 58.6 Å². The molecule has 4 heteroatoms. The lowest BCUT2D eigenvalue weighted by Gasteiger charge is -2.12. The van der Waals surface area contributed by atoms with E-state index in [9.17, 15) is 4.79 Å². The summed E-state index contributed by atoms with van der Waals surface area (Å²) in [7, 11) is 1.57. The largest absolute Gasteiger partial charge is 0.495 e. The van der Waals surface area contributed by atoms with Crippen molar-refractivity contribution in [3.05, 3.63) is 36.4 Å². The second kappa shape index (κ2) is 4.74. The molecule has 0 bridgehead atoms. The summed E-state index contributed by atoms with van der Waals surface area (Å²) >= 11 is 0. The minimum absolute atomic E-state index is 0.135. The molecule has 0 radical (unpaired) electrons. The molecule has 0 atom stereocenters. The van der Waals surface area contributed by atoms with E-state index in [1.807, 2.05) is 36.4 Å². The molecule has 0 heterocycles. The van der Waals surface area contributed by atoms with E-state index in [1.165, 1.54) is 0 Å². The number of carboxylic acid groups (broad SMARTS) is 1. The first kappa shape index (κ1) is 11.3. The van der Waals surface area contributed by atoms with Crippen molar-refractivity contribution in [3.8, 4) is 5.75 Å². The Balaban J connectivity index is 2.50. The van der Waals surface area contributed by atoms with Gasteiger partial charge < -0.3 is 15.2 Å². The summed E-state index contributed by atoms with van der Waals surface area (Å²) in [4.78, 5) is 10.6. The third-order valence-corrected chi connectivity index (χ3v) is 2.53. The Bertz CT molecular complexity index is 551. The first-order valence-corrected chi connectivity index (χ1v) is 5.24. The molecule has 0 saturated carbocycles. The Morgan fingerprint density at radius 3 is 2.76 bits per heavy atom. The predicted molar refractivity (Wildman–Crippen MR) is 66.6 cm³/mol. The number of anilines is 1. The number of fused-ring (bicyclic) bond motifs is 1. The zero-order valence-electron chi connectivity index (χ0n) is 9.43. The molecule has 0 aliphatic heterocycles. The molecule has 2 aromatic carbocycles. The van der Waals surface area contributed by atoms with E-state index in [2.05, 4.69) is 5.32 Å². The number of carbonyl (C=O) groups is 1. The van der Waals surface area contributed by atoms with Gasteiger partial charge in [0, 0.05) is 5.39 Å². The molecule has 0 aliphatic carbocycles. The summed E-state index contributed by atoms with van der Waals surface area (Å²) in [5.74, 6) is -0.259. The van der Waals surface area contributed by atoms with Crippen LogP contribution in [0.4, 0.5) is 5.69 Å². The highest BCUT2D eigenvalue weighted by molar-refractivity contribution is 5.97. The quantitative estimate of drug-likeness (QED) is 0.848. The number of benzene rings is 2. The Hall–Kier alpha value is -2.23. The maximum Gasteiger partial charge on any atom is 0.322 e. The van der Waals surface area contributed by atoms with Crippen molar-refractivity contribution >= 4 is 22.4 Å². The summed E-state index contributed by atoms with van der Waals surface area (Å²) in [6, 6.07) is 11.5. The number of hydrogen-bond donors (Lipinski definition) is 2. The smallest absolute Gasteiger partial charge is 0.322 e. The van der Waals surface area contributed by atoms with Crippen molar-refractivity contribution < 1.29 is 14.6 Å². The lowest BCUT2D eigenvalue weighted by Crippen LogP contribution is -2.13. The minimum Gasteiger partial charge on any atom is -0.495 e. The Morgan fingerprint density at radius 2 is 2.06 bits per heavy atom. The molecule has 0 aromatic heterocycles. The zero-order chi connectivity index (χ0) is 12.3. The fraction of sp³-hybridized carbons (Fsp3) is 0.154. The van der Waals surface area contributed by atoms with Gasteiger partial charge in [-0.25, -0.2) is 0 Å². The van der Waals surface area contributed by atoms with Crippen LogP contribution in [0, 0.1) is 0 Å². The van der Waals surface area contributed by atoms with E-state index in [0.29, 0.717) is 11.4 Å². The number of ether oxygens (including phenoxy) is 1. The van der Waals surface area contributed by atoms with Crippen molar-refractivity contribution in [2.45, 2.75) is 0 Å². The number of carboxylic acids is 1. The van der Waals surface area contributed by atoms with E-state index in [1.54, 1.807) is 7.11 Å². The van der Waals surface area contributed by atoms with E-state index in [4.69, 9.17) is 9.84 Å². The highest BCUT2D eigenvalue weighted by Gasteiger charge is 2.08. The SMILES string of the molecule is COc1ccc2ccccc2c1NCC(=O)O. The second-order valence-corrected chi connectivity index (χ2v) is 3.61. The van der Waals surface area contributed by atoms with Crippen molar-refractivity contribution in [2.24, 2.45) is 0 Å². The zero-order valence-corrected chi connectivity index (χ0v) is 9.43. The molecule has 0 amide bonds. The highest BCUT2D eigenvalue weighted by Crippen LogP contribution is 2.32. The summed E-state index contributed by atoms with van der Waals surface area (Å²) in [6.45, 7) is -0.135. The molecule has 0 fully saturated rings. The molecule has 2 N–H and O–H groups in total. The second-order valence-electron chi connectivity index (χ2n) is 3.61. The lowest BCUT2D eigenvalue weighted by molar-refractivity contribution is -0.134. The van der Waals surface area contributed by atoms with Crippen molar-refractivity contribution in [1.82, 2.24) is 0 Å². The van der Waals surface area contributed by atoms with Crippen LogP contribution in [0.25, 0.3) is 10.8 Å². The van der Waals surface area contributed by atoms with E-state index in [0.717, 1.165) is 10.8 Å². The molecular weight excluding hydrogens is 218 g/mol. The van der Waals surface area contributed by atoms with Crippen LogP contribution in [-0.4, -0.2) is 24.7 Å². The van der Waals surface area contributed by atoms with Gasteiger partial charge >= 0.3 is 5.97 Å². The maximum atomic E-state index is 10.6. The first-order valence-electron chi connectivity index (χ1n) is 5.24. The van der Waals surface area contributed by atoms with Gasteiger partial charge in [0.1, 0.15) is 12.3 Å². The normalized spacial score (nSPS) is 10.2. The van der Waals surface area contributed by atoms with Crippen molar-refractivity contribution in [3.63, 3.8) is 0 Å². The number of methoxy groups -OCH3 is 1. The Kier molecular flexibility index (Phi) is 3.14. The van der Waals surface area contributed by atoms with Gasteiger partial charge in [-0.3, -0.25) is 4.79 Å². The van der Waals surface area contributed by atoms with E-state index < -0.39 is 5.97 Å². The van der Waals surface area contributed by atoms with Gasteiger partial charge in [0.2, 0.25) is 0 Å². The molecular formula is C13H13NO3. The summed E-state index contributed by atoms with van der Waals surface area (Å²) in [5, 5.41) is 13.6. The molecule has 2 rings (SSSR count). The van der Waals surface area contributed by atoms with Gasteiger partial charge in [-0.15, -0.1) is 0 Å². The van der Waals surface area contributed by atoms with Gasteiger partial charge in [-0.1, -0.05) is 30.3 Å². The molecule has 0 spiro atoms. The van der Waals surface area contributed by atoms with Crippen molar-refractivity contribution in [1.29, 1.82) is 0 Å². The lowest BCUT2D eigenvalue weighted by atomic mass is 10.1. The molecule has 17 heavy (non-hydrogen) atoms. The standard InChI is InChI=1S/C13H13NO3/c1-17-11-7-6-9-4-2-3-5-10(9)13(11)14-8-12(15)16/h2-7,14H,8H2,1H3,(H,15,16). The van der Waals surface area contributed by atoms with E-state index in [-0.39, 0.29) is 6.54 Å². The van der Waals surface area contributed by atoms with Crippen LogP contribution >= 0.6 is 0 Å². The Morgan fingerprint density at radius 1 is 1.29 bits per heavy atom. The fourth-order valence-electron chi connectivity index (χ4n) is 1.77. The van der Waals surface area contributed by atoms with Crippen LogP contribution in [-0.2, 0) is 4.79 Å². The van der Waals surface area contributed by atoms with Gasteiger partial charge in [-0.2, -0.15) is 0 Å². The average molecular weight is 231 g/mol. The molecule has 88 valence electrons. The third-order valence-electron chi connectivity index (χ3n) is 2.53. The van der Waals surface area contributed by atoms with Crippen molar-refractivity contribution in [2.75, 3.05) is 19.0 Å². The van der Waals surface area contributed by atoms with Crippen LogP contribution in [0.3, 0.4) is 0 Å². The van der Waals surface area contributed by atoms with Crippen LogP contribution in [0.1, 0.15) is 0 Å². The van der Waals surface area contributed by atoms with Crippen LogP contribution < -0.4 is 10.1 Å². The number of nitrogens with one attached hydrogen (secondary N) is 1. The first-order chi connectivity index (χ1) is 8.22. The average Bonchev–Trinajstić information content (AvgIpc) is 2.35. The molecule has 2 aromatic rings. The predicted octanol–water partition coefficient (Wildman–Crippen LogP) is 2.34. The maximum absolute atomic E-state index is 10.6. The molecule has 4 nitrogen and oxygen atoms in total. The van der Waals surface area contributed by atoms with Crippen LogP contribution in [0.2, 0.25) is 0 Å². The highest BCUT2D eigenvalue weighted by atomic mass is 16.5. The van der Waals surface area contributed by atoms with Gasteiger partial charge in [0.25, 0.3) is 0 Å². The van der Waals surface area contributed by atoms with E-state index >= 15 is 0 Å². The molecule has 0 unspecified atom stereocenters. The summed E-state index contributed by atoms with van der Waals surface area (Å²) in [5.41, 5.74) is 0.716. The van der Waals surface area contributed by atoms with Gasteiger partial charge in [-0.05, 0) is 11.5 Å². The van der Waals surface area contributed by atoms with Gasteiger partial charge in [0.15, 0.2) is 0 Å². The third kappa shape index (κ3) is 2.30. The summed E-state index contributed by atoms with van der Waals surface area (Å²) < 4.78 is 5.23. The number of aliphatic carboxylic acids is 1. The van der Waals surface area contributed by atoms with Crippen LogP contribution in [0.15, 0.2) is 36.4 Å². The Labute approximate surface area is 98.8 Å². The monoisotopic (exact) mass is 231 g/mol. The van der Waals surface area contributed by atoms with Crippen LogP contribution in [0.5, 0.6) is 5.75 Å². The molecule has 0 saturated heterocycles. The molecule has 0 aliphatic rings. The van der Waals surface area contributed by atoms with Gasteiger partial charge in [0.05, 0.1) is 12.8 Å². The number of rotatable bonds is 4. The minimum atomic E-state index is -0.903.